The lowest BCUT2D eigenvalue weighted by Gasteiger charge is -2.39. The molecule has 338 valence electrons. The second-order valence-corrected chi connectivity index (χ2v) is 19.2. The summed E-state index contributed by atoms with van der Waals surface area (Å²) in [6.07, 6.45) is 28.1. The van der Waals surface area contributed by atoms with Gasteiger partial charge in [-0.3, -0.25) is 4.79 Å². The summed E-state index contributed by atoms with van der Waals surface area (Å²) in [5.74, 6) is -2.90. The number of carboxylic acids is 1. The quantitative estimate of drug-likeness (QED) is 0.0326. The highest BCUT2D eigenvalue weighted by Crippen LogP contribution is 2.27. The first-order valence-electron chi connectivity index (χ1n) is 23.6. The largest absolute Gasteiger partial charge is 0.479 e. The summed E-state index contributed by atoms with van der Waals surface area (Å²) >= 11 is 0. The fourth-order valence-electron chi connectivity index (χ4n) is 7.98. The molecule has 0 aromatic carbocycles. The first-order valence-corrected chi connectivity index (χ1v) is 25.3. The molecule has 1 fully saturated rings. The van der Waals surface area contributed by atoms with Gasteiger partial charge in [0.05, 0.1) is 17.9 Å². The van der Waals surface area contributed by atoms with E-state index in [0.29, 0.717) is 12.8 Å². The topological polar surface area (TPSA) is 191 Å². The first kappa shape index (κ1) is 53.7. The number of unbranched alkanes of at least 4 members (excludes halogenated alkanes) is 29. The van der Waals surface area contributed by atoms with E-state index in [1.165, 1.54) is 141 Å². The molecule has 1 heterocycles. The summed E-state index contributed by atoms with van der Waals surface area (Å²) in [6, 6.07) is -1.22. The fourth-order valence-corrected chi connectivity index (χ4v) is 9.85. The van der Waals surface area contributed by atoms with Crippen molar-refractivity contribution in [2.24, 2.45) is 0 Å². The average Bonchev–Trinajstić information content (AvgIpc) is 3.17. The molecule has 0 aromatic rings. The number of amides is 1. The van der Waals surface area contributed by atoms with Crippen LogP contribution in [0.25, 0.3) is 0 Å². The molecule has 7 atom stereocenters. The van der Waals surface area contributed by atoms with Crippen molar-refractivity contribution in [2.45, 2.75) is 268 Å². The van der Waals surface area contributed by atoms with Crippen molar-refractivity contribution >= 4 is 21.7 Å². The van der Waals surface area contributed by atoms with Crippen molar-refractivity contribution in [3.8, 4) is 0 Å². The standard InChI is InChI=1S/C45H87NO10S/c1-3-5-7-9-11-13-15-17-19-21-23-25-27-29-31-33-35-39(48)46-37(36-57(54,55)45-42(51)40(49)41(50)43(56-45)44(52)53)38(47)34-32-30-28-26-24-22-20-18-16-14-12-10-8-6-4-2/h37-38,40-43,45,47,49-51H,3-36H2,1-2H3,(H,46,48)(H,52,53)/t37-,38+,40-,41+,42+,43-,45+/m0/s1. The van der Waals surface area contributed by atoms with Crippen LogP contribution in [0.5, 0.6) is 0 Å². The molecule has 0 unspecified atom stereocenters. The summed E-state index contributed by atoms with van der Waals surface area (Å²) < 4.78 is 32.1. The van der Waals surface area contributed by atoms with E-state index in [9.17, 15) is 43.5 Å². The molecular formula is C45H87NO10S. The molecule has 11 nitrogen and oxygen atoms in total. The van der Waals surface area contributed by atoms with Gasteiger partial charge in [0.1, 0.15) is 18.3 Å². The van der Waals surface area contributed by atoms with E-state index in [2.05, 4.69) is 19.2 Å². The van der Waals surface area contributed by atoms with Crippen LogP contribution < -0.4 is 5.32 Å². The van der Waals surface area contributed by atoms with Gasteiger partial charge in [-0.25, -0.2) is 13.2 Å². The minimum Gasteiger partial charge on any atom is -0.479 e. The van der Waals surface area contributed by atoms with Crippen molar-refractivity contribution in [1.82, 2.24) is 5.32 Å². The Morgan fingerprint density at radius 2 is 0.895 bits per heavy atom. The van der Waals surface area contributed by atoms with E-state index in [-0.39, 0.29) is 18.7 Å². The molecule has 1 saturated heterocycles. The van der Waals surface area contributed by atoms with E-state index < -0.39 is 63.6 Å². The van der Waals surface area contributed by atoms with Gasteiger partial charge in [0.25, 0.3) is 0 Å². The second-order valence-electron chi connectivity index (χ2n) is 17.1. The highest BCUT2D eigenvalue weighted by Gasteiger charge is 2.52. The molecule has 1 rings (SSSR count). The van der Waals surface area contributed by atoms with Crippen molar-refractivity contribution in [3.05, 3.63) is 0 Å². The number of carbonyl (C=O) groups is 2. The van der Waals surface area contributed by atoms with Crippen LogP contribution in [-0.2, 0) is 24.2 Å². The number of carboxylic acid groups (broad SMARTS) is 1. The minimum atomic E-state index is -4.54. The Morgan fingerprint density at radius 3 is 1.26 bits per heavy atom. The SMILES string of the molecule is CCCCCCCCCCCCCCCCCCC(=O)N[C@@H](CS(=O)(=O)[C@H]1O[C@H](C(=O)O)[C@H](O)[C@H](O)[C@H]1O)[C@H](O)CCCCCCCCCCCCCCCCC. The lowest BCUT2D eigenvalue weighted by molar-refractivity contribution is -0.210. The number of aliphatic carboxylic acids is 1. The number of hydrogen-bond donors (Lipinski definition) is 6. The van der Waals surface area contributed by atoms with Gasteiger partial charge in [0.2, 0.25) is 5.91 Å². The van der Waals surface area contributed by atoms with Crippen LogP contribution in [0.2, 0.25) is 0 Å². The number of hydrogen-bond acceptors (Lipinski definition) is 9. The zero-order chi connectivity index (χ0) is 42.2. The van der Waals surface area contributed by atoms with Gasteiger partial charge in [-0.05, 0) is 12.8 Å². The van der Waals surface area contributed by atoms with Crippen molar-refractivity contribution in [2.75, 3.05) is 5.75 Å². The summed E-state index contributed by atoms with van der Waals surface area (Å²) in [5.41, 5.74) is -2.16. The monoisotopic (exact) mass is 834 g/mol. The number of nitrogens with one attached hydrogen (secondary N) is 1. The first-order chi connectivity index (χ1) is 27.5. The molecular weight excluding hydrogens is 747 g/mol. The van der Waals surface area contributed by atoms with Crippen molar-refractivity contribution in [3.63, 3.8) is 0 Å². The maximum atomic E-state index is 13.5. The smallest absolute Gasteiger partial charge is 0.335 e. The van der Waals surface area contributed by atoms with E-state index >= 15 is 0 Å². The number of sulfone groups is 1. The molecule has 1 amide bonds. The Kier molecular flexibility index (Phi) is 32.4. The maximum Gasteiger partial charge on any atom is 0.335 e. The van der Waals surface area contributed by atoms with Crippen molar-refractivity contribution in [1.29, 1.82) is 0 Å². The minimum absolute atomic E-state index is 0.176. The second kappa shape index (κ2) is 34.4. The van der Waals surface area contributed by atoms with Crippen LogP contribution in [-0.4, -0.2) is 93.6 Å². The van der Waals surface area contributed by atoms with Gasteiger partial charge in [0.15, 0.2) is 21.4 Å². The van der Waals surface area contributed by atoms with Gasteiger partial charge in [-0.15, -0.1) is 0 Å². The molecule has 1 aliphatic rings. The van der Waals surface area contributed by atoms with Gasteiger partial charge >= 0.3 is 5.97 Å². The van der Waals surface area contributed by atoms with Crippen LogP contribution in [0.15, 0.2) is 0 Å². The van der Waals surface area contributed by atoms with Gasteiger partial charge in [0, 0.05) is 6.42 Å². The number of rotatable bonds is 39. The lowest BCUT2D eigenvalue weighted by atomic mass is 10.00. The number of carbonyl (C=O) groups excluding carboxylic acids is 1. The number of aliphatic hydroxyl groups is 4. The van der Waals surface area contributed by atoms with Crippen LogP contribution >= 0.6 is 0 Å². The van der Waals surface area contributed by atoms with E-state index in [0.717, 1.165) is 44.9 Å². The van der Waals surface area contributed by atoms with E-state index in [4.69, 9.17) is 4.74 Å². The maximum absolute atomic E-state index is 13.5. The molecule has 0 aromatic heterocycles. The molecule has 6 N–H and O–H groups in total. The van der Waals surface area contributed by atoms with Crippen LogP contribution in [0.4, 0.5) is 0 Å². The highest BCUT2D eigenvalue weighted by atomic mass is 32.2. The Labute approximate surface area is 347 Å². The molecule has 12 heteroatoms. The summed E-state index contributed by atoms with van der Waals surface area (Å²) in [7, 11) is -4.54. The Morgan fingerprint density at radius 1 is 0.544 bits per heavy atom. The third-order valence-electron chi connectivity index (χ3n) is 11.8. The molecule has 0 saturated carbocycles. The Bertz CT molecular complexity index is 1090. The highest BCUT2D eigenvalue weighted by molar-refractivity contribution is 7.92. The fraction of sp³-hybridized carbons (Fsp3) is 0.956. The predicted molar refractivity (Wildman–Crippen MR) is 230 cm³/mol. The summed E-state index contributed by atoms with van der Waals surface area (Å²) in [6.45, 7) is 4.49. The molecule has 1 aliphatic heterocycles. The summed E-state index contributed by atoms with van der Waals surface area (Å²) in [4.78, 5) is 24.6. The molecule has 0 aliphatic carbocycles. The van der Waals surface area contributed by atoms with Gasteiger partial charge in [-0.2, -0.15) is 0 Å². The lowest BCUT2D eigenvalue weighted by Crippen LogP contribution is -2.62. The zero-order valence-electron chi connectivity index (χ0n) is 36.3. The average molecular weight is 834 g/mol. The Balaban J connectivity index is 2.50. The summed E-state index contributed by atoms with van der Waals surface area (Å²) in [5, 5.41) is 54.0. The normalized spacial score (nSPS) is 21.1. The zero-order valence-corrected chi connectivity index (χ0v) is 37.1. The number of ether oxygens (including phenoxy) is 1. The molecule has 57 heavy (non-hydrogen) atoms. The van der Waals surface area contributed by atoms with E-state index in [1.54, 1.807) is 0 Å². The number of aliphatic hydroxyl groups excluding tert-OH is 4. The van der Waals surface area contributed by atoms with Gasteiger partial charge in [-0.1, -0.05) is 206 Å². The molecule has 0 spiro atoms. The molecule has 0 radical (unpaired) electrons. The van der Waals surface area contributed by atoms with Crippen molar-refractivity contribution < 1.29 is 48.3 Å². The van der Waals surface area contributed by atoms with Crippen LogP contribution in [0.3, 0.4) is 0 Å². The third-order valence-corrected chi connectivity index (χ3v) is 13.7. The Hall–Kier alpha value is -1.31. The predicted octanol–water partition coefficient (Wildman–Crippen LogP) is 9.05. The van der Waals surface area contributed by atoms with Gasteiger partial charge < -0.3 is 35.6 Å². The van der Waals surface area contributed by atoms with E-state index in [1.807, 2.05) is 0 Å². The molecule has 0 bridgehead atoms. The van der Waals surface area contributed by atoms with Crippen LogP contribution in [0.1, 0.15) is 226 Å². The van der Waals surface area contributed by atoms with Crippen LogP contribution in [0, 0.1) is 0 Å². The third kappa shape index (κ3) is 25.8.